The molecule has 4 aromatic carbocycles. The summed E-state index contributed by atoms with van der Waals surface area (Å²) in [5.74, 6) is -2.05. The van der Waals surface area contributed by atoms with Crippen molar-refractivity contribution in [1.82, 2.24) is 20.2 Å². The molecular formula is C43H47N5O8. The van der Waals surface area contributed by atoms with E-state index in [-0.39, 0.29) is 44.6 Å². The Labute approximate surface area is 325 Å². The molecule has 4 atom stereocenters. The van der Waals surface area contributed by atoms with Crippen molar-refractivity contribution in [3.63, 3.8) is 0 Å². The zero-order chi connectivity index (χ0) is 39.4. The fourth-order valence-corrected chi connectivity index (χ4v) is 7.15. The molecule has 2 unspecified atom stereocenters. The van der Waals surface area contributed by atoms with Crippen LogP contribution in [-0.2, 0) is 54.4 Å². The highest BCUT2D eigenvalue weighted by Gasteiger charge is 2.55. The van der Waals surface area contributed by atoms with Gasteiger partial charge in [-0.15, -0.1) is 0 Å². The molecule has 0 radical (unpaired) electrons. The number of piperazine rings is 1. The van der Waals surface area contributed by atoms with E-state index >= 15 is 0 Å². The van der Waals surface area contributed by atoms with Gasteiger partial charge in [0.1, 0.15) is 17.8 Å². The van der Waals surface area contributed by atoms with Crippen LogP contribution in [0.3, 0.4) is 0 Å². The van der Waals surface area contributed by atoms with Gasteiger partial charge in [-0.05, 0) is 53.6 Å². The number of carbonyl (C=O) groups excluding carboxylic acids is 5. The quantitative estimate of drug-likeness (QED) is 0.144. The molecule has 2 heterocycles. The number of nitrogens with zero attached hydrogens (tertiary/aromatic N) is 3. The lowest BCUT2D eigenvalue weighted by Gasteiger charge is -2.53. The summed E-state index contributed by atoms with van der Waals surface area (Å²) >= 11 is 0. The lowest BCUT2D eigenvalue weighted by molar-refractivity contribution is -0.267. The van der Waals surface area contributed by atoms with E-state index in [4.69, 9.17) is 15.3 Å². The largest absolute Gasteiger partial charge is 0.508 e. The van der Waals surface area contributed by atoms with Crippen molar-refractivity contribution in [2.75, 3.05) is 19.7 Å². The number of hydroxylamine groups is 2. The van der Waals surface area contributed by atoms with Gasteiger partial charge in [0.2, 0.25) is 17.7 Å². The molecule has 292 valence electrons. The first kappa shape index (κ1) is 39.5. The van der Waals surface area contributed by atoms with Crippen LogP contribution in [0, 0.1) is 0 Å². The van der Waals surface area contributed by atoms with Crippen molar-refractivity contribution in [3.05, 3.63) is 138 Å². The number of aryl methyl sites for hydroxylation is 1. The molecule has 2 fully saturated rings. The van der Waals surface area contributed by atoms with Crippen LogP contribution < -0.4 is 11.1 Å². The summed E-state index contributed by atoms with van der Waals surface area (Å²) < 4.78 is 5.70. The van der Waals surface area contributed by atoms with E-state index in [0.29, 0.717) is 19.4 Å². The Morgan fingerprint density at radius 3 is 2.05 bits per heavy atom. The minimum atomic E-state index is -1.24. The lowest BCUT2D eigenvalue weighted by atomic mass is 9.96. The number of carbonyl (C=O) groups is 5. The van der Waals surface area contributed by atoms with Gasteiger partial charge in [-0.25, -0.2) is 4.79 Å². The Kier molecular flexibility index (Phi) is 13.3. The zero-order valence-electron chi connectivity index (χ0n) is 31.1. The number of ether oxygens (including phenoxy) is 1. The van der Waals surface area contributed by atoms with Crippen LogP contribution in [0.5, 0.6) is 5.75 Å². The van der Waals surface area contributed by atoms with E-state index in [2.05, 4.69) is 5.32 Å². The molecule has 13 heteroatoms. The smallest absolute Gasteiger partial charge is 0.436 e. The number of hydrogen-bond acceptors (Lipinski definition) is 8. The number of primary amides is 1. The average molecular weight is 762 g/mol. The highest BCUT2D eigenvalue weighted by molar-refractivity contribution is 5.95. The van der Waals surface area contributed by atoms with Crippen molar-refractivity contribution in [3.8, 4) is 5.75 Å². The first-order valence-electron chi connectivity index (χ1n) is 18.9. The first-order chi connectivity index (χ1) is 27.2. The second kappa shape index (κ2) is 18.9. The highest BCUT2D eigenvalue weighted by Crippen LogP contribution is 2.32. The molecule has 0 saturated carbocycles. The fraction of sp³-hybridized carbons (Fsp3) is 0.326. The summed E-state index contributed by atoms with van der Waals surface area (Å²) in [6.07, 6.45) is -1.69. The summed E-state index contributed by atoms with van der Waals surface area (Å²) in [5.41, 5.74) is 9.08. The van der Waals surface area contributed by atoms with Crippen LogP contribution >= 0.6 is 0 Å². The van der Waals surface area contributed by atoms with E-state index in [9.17, 15) is 29.1 Å². The van der Waals surface area contributed by atoms with Crippen molar-refractivity contribution in [1.29, 1.82) is 0 Å². The van der Waals surface area contributed by atoms with Crippen molar-refractivity contribution >= 4 is 29.7 Å². The minimum absolute atomic E-state index is 0.0523. The first-order valence-corrected chi connectivity index (χ1v) is 18.9. The number of amides is 5. The summed E-state index contributed by atoms with van der Waals surface area (Å²) in [6, 6.07) is 32.5. The number of fused-ring (bicyclic) bond motifs is 1. The summed E-state index contributed by atoms with van der Waals surface area (Å²) in [6.45, 7) is 0.0326. The number of phenols is 1. The van der Waals surface area contributed by atoms with Crippen LogP contribution in [0.25, 0.3) is 0 Å². The normalized spacial score (nSPS) is 18.6. The number of nitrogens with one attached hydrogen (secondary N) is 1. The van der Waals surface area contributed by atoms with E-state index < -0.39 is 54.1 Å². The lowest BCUT2D eigenvalue weighted by Crippen LogP contribution is -2.75. The Morgan fingerprint density at radius 2 is 1.41 bits per heavy atom. The maximum absolute atomic E-state index is 14.7. The van der Waals surface area contributed by atoms with E-state index in [1.807, 2.05) is 91.0 Å². The van der Waals surface area contributed by atoms with Gasteiger partial charge in [-0.3, -0.25) is 24.0 Å². The third kappa shape index (κ3) is 10.1. The predicted octanol–water partition coefficient (Wildman–Crippen LogP) is 3.92. The molecule has 5 amide bonds. The molecule has 2 aliphatic rings. The van der Waals surface area contributed by atoms with Gasteiger partial charge >= 0.3 is 6.09 Å². The van der Waals surface area contributed by atoms with E-state index in [1.54, 1.807) is 12.1 Å². The number of phenolic OH excluding ortho intramolecular Hbond substituents is 1. The second-order valence-corrected chi connectivity index (χ2v) is 14.0. The van der Waals surface area contributed by atoms with Gasteiger partial charge in [-0.2, -0.15) is 5.06 Å². The summed E-state index contributed by atoms with van der Waals surface area (Å²) in [4.78, 5) is 78.3. The van der Waals surface area contributed by atoms with Gasteiger partial charge in [-0.1, -0.05) is 103 Å². The molecular weight excluding hydrogens is 715 g/mol. The number of rotatable bonds is 16. The molecule has 13 nitrogen and oxygen atoms in total. The molecule has 2 aliphatic heterocycles. The Morgan fingerprint density at radius 1 is 0.804 bits per heavy atom. The van der Waals surface area contributed by atoms with Crippen molar-refractivity contribution in [2.24, 2.45) is 5.73 Å². The second-order valence-electron chi connectivity index (χ2n) is 14.0. The Balaban J connectivity index is 1.30. The van der Waals surface area contributed by atoms with Gasteiger partial charge in [0, 0.05) is 32.2 Å². The van der Waals surface area contributed by atoms with E-state index in [0.717, 1.165) is 33.7 Å². The topological polar surface area (TPSA) is 172 Å². The molecule has 4 N–H and O–H groups in total. The van der Waals surface area contributed by atoms with Gasteiger partial charge in [0.05, 0.1) is 13.2 Å². The average Bonchev–Trinajstić information content (AvgIpc) is 3.21. The monoisotopic (exact) mass is 761 g/mol. The predicted molar refractivity (Wildman–Crippen MR) is 206 cm³/mol. The minimum Gasteiger partial charge on any atom is -0.508 e. The SMILES string of the molecule is NC(=O)CC[C@H]1C(=O)N(C(Cc2ccccc2)C(=O)NCCCc2ccccc2)CC2N(C(=O)OCCc3ccc(O)cc3)O[C@H](Cc3ccccc3)C(=O)N21. The maximum Gasteiger partial charge on any atom is 0.436 e. The van der Waals surface area contributed by atoms with Crippen LogP contribution in [-0.4, -0.2) is 93.7 Å². The number of benzene rings is 4. The molecule has 6 rings (SSSR count). The third-order valence-electron chi connectivity index (χ3n) is 10.0. The zero-order valence-corrected chi connectivity index (χ0v) is 31.1. The Bertz CT molecular complexity index is 1950. The summed E-state index contributed by atoms with van der Waals surface area (Å²) in [7, 11) is 0. The van der Waals surface area contributed by atoms with Gasteiger partial charge < -0.3 is 30.7 Å². The number of nitrogens with two attached hydrogens (primary N) is 1. The van der Waals surface area contributed by atoms with Gasteiger partial charge in [0.15, 0.2) is 12.3 Å². The van der Waals surface area contributed by atoms with Crippen molar-refractivity contribution in [2.45, 2.75) is 69.3 Å². The molecule has 0 aromatic heterocycles. The van der Waals surface area contributed by atoms with Crippen LogP contribution in [0.1, 0.15) is 41.5 Å². The highest BCUT2D eigenvalue weighted by atomic mass is 16.7. The third-order valence-corrected chi connectivity index (χ3v) is 10.0. The van der Waals surface area contributed by atoms with Crippen LogP contribution in [0.15, 0.2) is 115 Å². The fourth-order valence-electron chi connectivity index (χ4n) is 7.15. The van der Waals surface area contributed by atoms with Gasteiger partial charge in [0.25, 0.3) is 5.91 Å². The molecule has 4 aromatic rings. The maximum atomic E-state index is 14.7. The molecule has 0 bridgehead atoms. The van der Waals surface area contributed by atoms with E-state index in [1.165, 1.54) is 21.9 Å². The standard InChI is InChI=1S/C43H47N5O8/c44-38(50)23-22-35-41(52)46(36(27-32-13-6-2-7-14-32)40(51)45-25-10-17-30-11-4-1-5-12-30)29-39-47(35)42(53)37(28-33-15-8-3-9-16-33)56-48(39)43(54)55-26-24-31-18-20-34(49)21-19-31/h1-9,11-16,18-21,35-37,39,49H,10,17,22-29H2,(H2,44,50)(H,45,51)/t35-,36?,37+,39?/m0/s1. The molecule has 0 spiro atoms. The van der Waals surface area contributed by atoms with Crippen LogP contribution in [0.2, 0.25) is 0 Å². The molecule has 56 heavy (non-hydrogen) atoms. The molecule has 0 aliphatic carbocycles. The Hall–Kier alpha value is -6.21. The molecule has 2 saturated heterocycles. The number of aromatic hydroxyl groups is 1. The summed E-state index contributed by atoms with van der Waals surface area (Å²) in [5, 5.41) is 13.7. The van der Waals surface area contributed by atoms with Crippen LogP contribution in [0.4, 0.5) is 4.79 Å². The number of hydrogen-bond donors (Lipinski definition) is 3. The van der Waals surface area contributed by atoms with Crippen molar-refractivity contribution < 1.29 is 38.7 Å².